The Morgan fingerprint density at radius 1 is 1.24 bits per heavy atom. The number of anilines is 2. The Labute approximate surface area is 151 Å². The van der Waals surface area contributed by atoms with Crippen molar-refractivity contribution in [3.63, 3.8) is 0 Å². The van der Waals surface area contributed by atoms with Crippen molar-refractivity contribution in [2.24, 2.45) is 5.92 Å². The van der Waals surface area contributed by atoms with Crippen molar-refractivity contribution in [1.82, 2.24) is 9.97 Å². The van der Waals surface area contributed by atoms with Gasteiger partial charge in [-0.1, -0.05) is 18.5 Å². The summed E-state index contributed by atoms with van der Waals surface area (Å²) in [7, 11) is -3.89. The van der Waals surface area contributed by atoms with Gasteiger partial charge in [0.05, 0.1) is 28.0 Å². The first-order valence-corrected chi connectivity index (χ1v) is 9.76. The summed E-state index contributed by atoms with van der Waals surface area (Å²) in [6.07, 6.45) is 5.01. The monoisotopic (exact) mass is 384 g/mol. The lowest BCUT2D eigenvalue weighted by Crippen LogP contribution is -2.34. The molecule has 1 aromatic carbocycles. The largest absolute Gasteiger partial charge is 0.341 e. The summed E-state index contributed by atoms with van der Waals surface area (Å²) in [6.45, 7) is 4.00. The molecule has 0 unspecified atom stereocenters. The van der Waals surface area contributed by atoms with Gasteiger partial charge in [0.2, 0.25) is 5.95 Å². The first-order valence-electron chi connectivity index (χ1n) is 7.90. The normalized spacial score (nSPS) is 16.0. The molecule has 0 saturated carbocycles. The molecule has 6 nitrogen and oxygen atoms in total. The van der Waals surface area contributed by atoms with Crippen molar-refractivity contribution in [2.75, 3.05) is 22.7 Å². The van der Waals surface area contributed by atoms with E-state index in [1.807, 2.05) is 0 Å². The first-order chi connectivity index (χ1) is 11.8. The molecule has 1 aliphatic rings. The lowest BCUT2D eigenvalue weighted by molar-refractivity contribution is 0.434. The predicted octanol–water partition coefficient (Wildman–Crippen LogP) is 3.31. The van der Waals surface area contributed by atoms with E-state index in [1.165, 1.54) is 12.4 Å². The number of rotatable bonds is 4. The molecule has 9 heteroatoms. The van der Waals surface area contributed by atoms with Crippen LogP contribution in [0.5, 0.6) is 0 Å². The second kappa shape index (κ2) is 7.13. The Balaban J connectivity index is 1.73. The minimum atomic E-state index is -3.89. The highest BCUT2D eigenvalue weighted by atomic mass is 35.5. The molecular formula is C16H18ClFN4O2S. The fraction of sp³-hybridized carbons (Fsp3) is 0.375. The van der Waals surface area contributed by atoms with Crippen molar-refractivity contribution < 1.29 is 12.8 Å². The average molecular weight is 385 g/mol. The molecule has 2 aromatic rings. The number of hydrogen-bond acceptors (Lipinski definition) is 5. The van der Waals surface area contributed by atoms with Gasteiger partial charge in [-0.25, -0.2) is 22.8 Å². The van der Waals surface area contributed by atoms with E-state index < -0.39 is 15.8 Å². The highest BCUT2D eigenvalue weighted by Crippen LogP contribution is 2.23. The van der Waals surface area contributed by atoms with E-state index in [4.69, 9.17) is 11.6 Å². The lowest BCUT2D eigenvalue weighted by Gasteiger charge is -2.30. The van der Waals surface area contributed by atoms with E-state index >= 15 is 0 Å². The van der Waals surface area contributed by atoms with Crippen LogP contribution in [0.25, 0.3) is 0 Å². The SMILES string of the molecule is CC1CCN(c2ncc(NS(=O)(=O)c3ccc(F)c(Cl)c3)cn2)CC1. The topological polar surface area (TPSA) is 75.2 Å². The summed E-state index contributed by atoms with van der Waals surface area (Å²) < 4.78 is 40.2. The van der Waals surface area contributed by atoms with Crippen LogP contribution in [0, 0.1) is 11.7 Å². The summed E-state index contributed by atoms with van der Waals surface area (Å²) in [4.78, 5) is 10.4. The molecule has 0 spiro atoms. The second-order valence-electron chi connectivity index (χ2n) is 6.12. The molecule has 1 saturated heterocycles. The maximum atomic E-state index is 13.2. The third-order valence-corrected chi connectivity index (χ3v) is 5.83. The molecule has 1 fully saturated rings. The highest BCUT2D eigenvalue weighted by molar-refractivity contribution is 7.92. The molecule has 1 N–H and O–H groups in total. The minimum absolute atomic E-state index is 0.131. The smallest absolute Gasteiger partial charge is 0.262 e. The maximum Gasteiger partial charge on any atom is 0.262 e. The Kier molecular flexibility index (Phi) is 5.10. The standard InChI is InChI=1S/C16H18ClFN4O2S/c1-11-4-6-22(7-5-11)16-19-9-12(10-20-16)21-25(23,24)13-2-3-15(18)14(17)8-13/h2-3,8-11,21H,4-7H2,1H3. The molecule has 0 bridgehead atoms. The van der Waals surface area contributed by atoms with E-state index in [2.05, 4.69) is 26.5 Å². The van der Waals surface area contributed by atoms with E-state index in [9.17, 15) is 12.8 Å². The van der Waals surface area contributed by atoms with Gasteiger partial charge in [-0.05, 0) is 37.0 Å². The molecule has 0 amide bonds. The van der Waals surface area contributed by atoms with Crippen molar-refractivity contribution in [1.29, 1.82) is 0 Å². The van der Waals surface area contributed by atoms with E-state index in [0.29, 0.717) is 11.9 Å². The van der Waals surface area contributed by atoms with E-state index in [-0.39, 0.29) is 15.6 Å². The Hall–Kier alpha value is -1.93. The van der Waals surface area contributed by atoms with Crippen molar-refractivity contribution >= 4 is 33.3 Å². The van der Waals surface area contributed by atoms with Gasteiger partial charge in [0.25, 0.3) is 10.0 Å². The van der Waals surface area contributed by atoms with Crippen LogP contribution >= 0.6 is 11.6 Å². The third kappa shape index (κ3) is 4.19. The van der Waals surface area contributed by atoms with Gasteiger partial charge >= 0.3 is 0 Å². The van der Waals surface area contributed by atoms with Gasteiger partial charge in [-0.15, -0.1) is 0 Å². The number of nitrogens with zero attached hydrogens (tertiary/aromatic N) is 3. The number of nitrogens with one attached hydrogen (secondary N) is 1. The summed E-state index contributed by atoms with van der Waals surface area (Å²) in [5.41, 5.74) is 0.231. The molecule has 0 atom stereocenters. The fourth-order valence-corrected chi connectivity index (χ4v) is 3.90. The Bertz CT molecular complexity index is 853. The maximum absolute atomic E-state index is 13.2. The van der Waals surface area contributed by atoms with E-state index in [0.717, 1.165) is 44.1 Å². The fourth-order valence-electron chi connectivity index (χ4n) is 2.60. The van der Waals surface area contributed by atoms with Crippen LogP contribution in [0.1, 0.15) is 19.8 Å². The second-order valence-corrected chi connectivity index (χ2v) is 8.21. The number of aromatic nitrogens is 2. The van der Waals surface area contributed by atoms with Gasteiger partial charge in [0.1, 0.15) is 5.82 Å². The lowest BCUT2D eigenvalue weighted by atomic mass is 10.00. The highest BCUT2D eigenvalue weighted by Gasteiger charge is 2.19. The van der Waals surface area contributed by atoms with Crippen LogP contribution in [0.3, 0.4) is 0 Å². The Morgan fingerprint density at radius 2 is 1.88 bits per heavy atom. The molecule has 2 heterocycles. The molecule has 25 heavy (non-hydrogen) atoms. The van der Waals surface area contributed by atoms with Crippen molar-refractivity contribution in [3.05, 3.63) is 41.4 Å². The molecule has 0 radical (unpaired) electrons. The van der Waals surface area contributed by atoms with Crippen LogP contribution in [0.15, 0.2) is 35.5 Å². The quantitative estimate of drug-likeness (QED) is 0.875. The molecule has 1 aromatic heterocycles. The van der Waals surface area contributed by atoms with Gasteiger partial charge in [-0.2, -0.15) is 0 Å². The summed E-state index contributed by atoms with van der Waals surface area (Å²) in [6, 6.07) is 3.21. The molecule has 3 rings (SSSR count). The van der Waals surface area contributed by atoms with Gasteiger partial charge in [0, 0.05) is 13.1 Å². The van der Waals surface area contributed by atoms with Crippen LogP contribution in [-0.2, 0) is 10.0 Å². The summed E-state index contributed by atoms with van der Waals surface area (Å²) in [5, 5.41) is -0.256. The first kappa shape index (κ1) is 17.9. The predicted molar refractivity (Wildman–Crippen MR) is 94.9 cm³/mol. The number of sulfonamides is 1. The molecular weight excluding hydrogens is 367 g/mol. The van der Waals surface area contributed by atoms with Gasteiger partial charge < -0.3 is 4.90 Å². The summed E-state index contributed by atoms with van der Waals surface area (Å²) in [5.74, 6) is 0.605. The molecule has 0 aliphatic carbocycles. The van der Waals surface area contributed by atoms with Crippen LogP contribution in [-0.4, -0.2) is 31.5 Å². The number of hydrogen-bond donors (Lipinski definition) is 1. The van der Waals surface area contributed by atoms with Crippen LogP contribution < -0.4 is 9.62 Å². The van der Waals surface area contributed by atoms with Crippen molar-refractivity contribution in [2.45, 2.75) is 24.7 Å². The molecule has 1 aliphatic heterocycles. The van der Waals surface area contributed by atoms with Crippen molar-refractivity contribution in [3.8, 4) is 0 Å². The average Bonchev–Trinajstić information content (AvgIpc) is 2.58. The van der Waals surface area contributed by atoms with Gasteiger partial charge in [0.15, 0.2) is 0 Å². The zero-order valence-electron chi connectivity index (χ0n) is 13.6. The number of benzene rings is 1. The Morgan fingerprint density at radius 3 is 2.48 bits per heavy atom. The van der Waals surface area contributed by atoms with E-state index in [1.54, 1.807) is 0 Å². The van der Waals surface area contributed by atoms with Crippen LogP contribution in [0.4, 0.5) is 16.0 Å². The number of halogens is 2. The molecule has 134 valence electrons. The van der Waals surface area contributed by atoms with Crippen LogP contribution in [0.2, 0.25) is 5.02 Å². The minimum Gasteiger partial charge on any atom is -0.341 e. The van der Waals surface area contributed by atoms with Gasteiger partial charge in [-0.3, -0.25) is 4.72 Å². The third-order valence-electron chi connectivity index (χ3n) is 4.16. The zero-order valence-corrected chi connectivity index (χ0v) is 15.2. The number of piperidine rings is 1. The summed E-state index contributed by atoms with van der Waals surface area (Å²) >= 11 is 5.64. The zero-order chi connectivity index (χ0) is 18.0.